The number of nitrogens with zero attached hydrogens (tertiary/aromatic N) is 1. The van der Waals surface area contributed by atoms with Gasteiger partial charge in [0.2, 0.25) is 0 Å². The number of rotatable bonds is 13. The lowest BCUT2D eigenvalue weighted by Gasteiger charge is -2.11. The van der Waals surface area contributed by atoms with Crippen molar-refractivity contribution in [2.45, 2.75) is 53.0 Å². The van der Waals surface area contributed by atoms with Gasteiger partial charge in [-0.05, 0) is 50.8 Å². The largest absolute Gasteiger partial charge is 0.382 e. The molecule has 0 atom stereocenters. The molecule has 0 aliphatic carbocycles. The third kappa shape index (κ3) is 10.6. The minimum atomic E-state index is -0.0134. The summed E-state index contributed by atoms with van der Waals surface area (Å²) in [6, 6.07) is 7.65. The summed E-state index contributed by atoms with van der Waals surface area (Å²) in [5.74, 6) is 0.802. The van der Waals surface area contributed by atoms with Crippen LogP contribution in [0.5, 0.6) is 0 Å². The number of unbranched alkanes of at least 4 members (excludes halogenated alkanes) is 2. The molecule has 27 heavy (non-hydrogen) atoms. The minimum Gasteiger partial charge on any atom is -0.382 e. The quantitative estimate of drug-likeness (QED) is 0.281. The Balaban J connectivity index is 2.45. The van der Waals surface area contributed by atoms with Gasteiger partial charge in [0.15, 0.2) is 5.96 Å². The van der Waals surface area contributed by atoms with Gasteiger partial charge in [-0.1, -0.05) is 25.5 Å². The number of aliphatic imine (C=N–C) groups is 1. The maximum atomic E-state index is 12.0. The number of hydrogen-bond donors (Lipinski definition) is 3. The smallest absolute Gasteiger partial charge is 0.251 e. The molecule has 0 saturated heterocycles. The number of ether oxygens (including phenoxy) is 1. The molecule has 0 bridgehead atoms. The van der Waals surface area contributed by atoms with Gasteiger partial charge in [-0.3, -0.25) is 4.79 Å². The highest BCUT2D eigenvalue weighted by Crippen LogP contribution is 2.06. The second-order valence-corrected chi connectivity index (χ2v) is 6.33. The van der Waals surface area contributed by atoms with Crippen molar-refractivity contribution in [2.24, 2.45) is 4.99 Å². The molecule has 1 rings (SSSR count). The third-order valence-electron chi connectivity index (χ3n) is 4.01. The summed E-state index contributed by atoms with van der Waals surface area (Å²) in [7, 11) is 0. The average Bonchev–Trinajstić information content (AvgIpc) is 2.69. The standard InChI is InChI=1S/C21H36N4O2/c1-4-7-14-23-20(26)19-12-10-18(11-13-19)17-25-21(22-5-2)24-15-8-9-16-27-6-3/h10-13H,4-9,14-17H2,1-3H3,(H,23,26)(H2,22,24,25). The molecule has 0 radical (unpaired) electrons. The van der Waals surface area contributed by atoms with Gasteiger partial charge in [-0.15, -0.1) is 0 Å². The first-order valence-electron chi connectivity index (χ1n) is 10.2. The molecule has 0 aliphatic rings. The van der Waals surface area contributed by atoms with E-state index in [0.717, 1.165) is 70.1 Å². The summed E-state index contributed by atoms with van der Waals surface area (Å²) in [5, 5.41) is 9.53. The van der Waals surface area contributed by atoms with Crippen LogP contribution in [0.3, 0.4) is 0 Å². The first-order valence-corrected chi connectivity index (χ1v) is 10.2. The summed E-state index contributed by atoms with van der Waals surface area (Å²) < 4.78 is 5.35. The van der Waals surface area contributed by atoms with Crippen molar-refractivity contribution in [3.05, 3.63) is 35.4 Å². The second-order valence-electron chi connectivity index (χ2n) is 6.33. The topological polar surface area (TPSA) is 74.8 Å². The van der Waals surface area contributed by atoms with Crippen LogP contribution >= 0.6 is 0 Å². The summed E-state index contributed by atoms with van der Waals surface area (Å²) in [4.78, 5) is 16.6. The summed E-state index contributed by atoms with van der Waals surface area (Å²) in [6.45, 7) is 10.8. The van der Waals surface area contributed by atoms with E-state index in [1.165, 1.54) is 0 Å². The van der Waals surface area contributed by atoms with Gasteiger partial charge >= 0.3 is 0 Å². The fraction of sp³-hybridized carbons (Fsp3) is 0.619. The highest BCUT2D eigenvalue weighted by atomic mass is 16.5. The lowest BCUT2D eigenvalue weighted by molar-refractivity contribution is 0.0953. The molecule has 1 amide bonds. The van der Waals surface area contributed by atoms with Gasteiger partial charge < -0.3 is 20.7 Å². The van der Waals surface area contributed by atoms with E-state index in [4.69, 9.17) is 4.74 Å². The first-order chi connectivity index (χ1) is 13.2. The number of nitrogens with one attached hydrogen (secondary N) is 3. The Morgan fingerprint density at radius 3 is 2.37 bits per heavy atom. The van der Waals surface area contributed by atoms with E-state index >= 15 is 0 Å². The van der Waals surface area contributed by atoms with Crippen LogP contribution in [0.1, 0.15) is 62.4 Å². The van der Waals surface area contributed by atoms with Crippen molar-refractivity contribution in [1.29, 1.82) is 0 Å². The highest BCUT2D eigenvalue weighted by molar-refractivity contribution is 5.94. The van der Waals surface area contributed by atoms with Crippen LogP contribution in [-0.2, 0) is 11.3 Å². The van der Waals surface area contributed by atoms with Crippen LogP contribution in [0.25, 0.3) is 0 Å². The fourth-order valence-electron chi connectivity index (χ4n) is 2.43. The van der Waals surface area contributed by atoms with Gasteiger partial charge in [-0.2, -0.15) is 0 Å². The van der Waals surface area contributed by atoms with Crippen molar-refractivity contribution >= 4 is 11.9 Å². The van der Waals surface area contributed by atoms with E-state index in [1.54, 1.807) is 0 Å². The monoisotopic (exact) mass is 376 g/mol. The Hall–Kier alpha value is -2.08. The molecule has 0 unspecified atom stereocenters. The molecular formula is C21H36N4O2. The van der Waals surface area contributed by atoms with Crippen LogP contribution in [0.4, 0.5) is 0 Å². The van der Waals surface area contributed by atoms with Crippen LogP contribution < -0.4 is 16.0 Å². The van der Waals surface area contributed by atoms with Crippen molar-refractivity contribution < 1.29 is 9.53 Å². The number of hydrogen-bond acceptors (Lipinski definition) is 3. The van der Waals surface area contributed by atoms with Gasteiger partial charge in [-0.25, -0.2) is 4.99 Å². The summed E-state index contributed by atoms with van der Waals surface area (Å²) >= 11 is 0. The Morgan fingerprint density at radius 2 is 1.70 bits per heavy atom. The SMILES string of the molecule is CCCCNC(=O)c1ccc(CN=C(NCC)NCCCCOCC)cc1. The third-order valence-corrected chi connectivity index (χ3v) is 4.01. The molecule has 0 saturated carbocycles. The van der Waals surface area contributed by atoms with Crippen LogP contribution in [0.15, 0.2) is 29.3 Å². The Kier molecular flexibility index (Phi) is 12.8. The molecule has 6 nitrogen and oxygen atoms in total. The number of carbonyl (C=O) groups is 1. The minimum absolute atomic E-state index is 0.0134. The average molecular weight is 377 g/mol. The van der Waals surface area contributed by atoms with Crippen LogP contribution in [0.2, 0.25) is 0 Å². The van der Waals surface area contributed by atoms with E-state index in [9.17, 15) is 4.79 Å². The van der Waals surface area contributed by atoms with Crippen LogP contribution in [0, 0.1) is 0 Å². The van der Waals surface area contributed by atoms with Crippen molar-refractivity contribution in [3.63, 3.8) is 0 Å². The summed E-state index contributed by atoms with van der Waals surface area (Å²) in [6.07, 6.45) is 4.17. The number of benzene rings is 1. The zero-order valence-corrected chi connectivity index (χ0v) is 17.1. The molecule has 3 N–H and O–H groups in total. The van der Waals surface area contributed by atoms with Gasteiger partial charge in [0.05, 0.1) is 6.54 Å². The molecule has 152 valence electrons. The normalized spacial score (nSPS) is 11.3. The number of amides is 1. The van der Waals surface area contributed by atoms with Gasteiger partial charge in [0.25, 0.3) is 5.91 Å². The lowest BCUT2D eigenvalue weighted by atomic mass is 10.1. The van der Waals surface area contributed by atoms with E-state index < -0.39 is 0 Å². The predicted molar refractivity (Wildman–Crippen MR) is 112 cm³/mol. The molecule has 0 spiro atoms. The predicted octanol–water partition coefficient (Wildman–Crippen LogP) is 3.09. The molecule has 0 heterocycles. The Labute approximate surface area is 164 Å². The maximum Gasteiger partial charge on any atom is 0.251 e. The number of guanidine groups is 1. The Bertz CT molecular complexity index is 544. The van der Waals surface area contributed by atoms with Crippen molar-refractivity contribution in [2.75, 3.05) is 32.8 Å². The molecule has 0 fully saturated rings. The zero-order valence-electron chi connectivity index (χ0n) is 17.1. The maximum absolute atomic E-state index is 12.0. The van der Waals surface area contributed by atoms with E-state index in [-0.39, 0.29) is 5.91 Å². The molecule has 0 aliphatic heterocycles. The molecular weight excluding hydrogens is 340 g/mol. The fourth-order valence-corrected chi connectivity index (χ4v) is 2.43. The zero-order chi connectivity index (χ0) is 19.7. The lowest BCUT2D eigenvalue weighted by Crippen LogP contribution is -2.37. The molecule has 1 aromatic carbocycles. The molecule has 0 aromatic heterocycles. The van der Waals surface area contributed by atoms with Gasteiger partial charge in [0.1, 0.15) is 0 Å². The van der Waals surface area contributed by atoms with E-state index in [0.29, 0.717) is 12.1 Å². The van der Waals surface area contributed by atoms with E-state index in [1.807, 2.05) is 31.2 Å². The van der Waals surface area contributed by atoms with Crippen LogP contribution in [-0.4, -0.2) is 44.7 Å². The van der Waals surface area contributed by atoms with Crippen molar-refractivity contribution in [3.8, 4) is 0 Å². The first kappa shape index (κ1) is 23.0. The molecule has 1 aromatic rings. The number of carbonyl (C=O) groups excluding carboxylic acids is 1. The summed E-state index contributed by atoms with van der Waals surface area (Å²) in [5.41, 5.74) is 1.77. The van der Waals surface area contributed by atoms with Crippen molar-refractivity contribution in [1.82, 2.24) is 16.0 Å². The van der Waals surface area contributed by atoms with E-state index in [2.05, 4.69) is 34.8 Å². The second kappa shape index (κ2) is 15.0. The van der Waals surface area contributed by atoms with Gasteiger partial charge in [0, 0.05) is 38.4 Å². The molecule has 6 heteroatoms. The Morgan fingerprint density at radius 1 is 0.963 bits per heavy atom. The highest BCUT2D eigenvalue weighted by Gasteiger charge is 2.04.